The van der Waals surface area contributed by atoms with Crippen LogP contribution in [0.5, 0.6) is 0 Å². The van der Waals surface area contributed by atoms with E-state index in [-0.39, 0.29) is 41.8 Å². The van der Waals surface area contributed by atoms with E-state index in [4.69, 9.17) is 14.2 Å². The lowest BCUT2D eigenvalue weighted by atomic mass is 9.57. The molecule has 1 saturated carbocycles. The molecule has 2 aliphatic carbocycles. The zero-order valence-corrected chi connectivity index (χ0v) is 18.6. The zero-order chi connectivity index (χ0) is 22.0. The van der Waals surface area contributed by atoms with Crippen LogP contribution in [-0.4, -0.2) is 64.7 Å². The number of aliphatic hydroxyl groups is 3. The van der Waals surface area contributed by atoms with Gasteiger partial charge in [0.2, 0.25) is 0 Å². The van der Waals surface area contributed by atoms with E-state index in [2.05, 4.69) is 24.8 Å². The fourth-order valence-corrected chi connectivity index (χ4v) is 6.46. The largest absolute Gasteiger partial charge is 0.489 e. The number of ether oxygens (including phenoxy) is 3. The van der Waals surface area contributed by atoms with Gasteiger partial charge < -0.3 is 29.5 Å². The Hall–Kier alpha value is -1.18. The molecule has 0 radical (unpaired) electrons. The average molecular weight is 421 g/mol. The highest BCUT2D eigenvalue weighted by atomic mass is 16.5. The van der Waals surface area contributed by atoms with Crippen LogP contribution < -0.4 is 0 Å². The lowest BCUT2D eigenvalue weighted by Gasteiger charge is -2.49. The van der Waals surface area contributed by atoms with Crippen LogP contribution in [0.4, 0.5) is 0 Å². The van der Waals surface area contributed by atoms with Gasteiger partial charge in [0, 0.05) is 36.7 Å². The summed E-state index contributed by atoms with van der Waals surface area (Å²) in [5.74, 6) is -0.116. The number of rotatable bonds is 2. The summed E-state index contributed by atoms with van der Waals surface area (Å²) in [6, 6.07) is 0. The second-order valence-corrected chi connectivity index (χ2v) is 9.77. The van der Waals surface area contributed by atoms with Crippen molar-refractivity contribution in [3.05, 3.63) is 36.1 Å². The minimum atomic E-state index is -0.735. The Morgan fingerprint density at radius 2 is 1.93 bits per heavy atom. The summed E-state index contributed by atoms with van der Waals surface area (Å²) in [5, 5.41) is 32.5. The molecule has 0 aromatic rings. The minimum absolute atomic E-state index is 0.0305. The third kappa shape index (κ3) is 3.03. The fraction of sp³-hybridized carbons (Fsp3) is 0.750. The van der Waals surface area contributed by atoms with Crippen LogP contribution in [0.3, 0.4) is 0 Å². The Morgan fingerprint density at radius 3 is 2.57 bits per heavy atom. The van der Waals surface area contributed by atoms with E-state index in [1.807, 2.05) is 20.8 Å². The van der Waals surface area contributed by atoms with Gasteiger partial charge in [0.1, 0.15) is 23.6 Å². The topological polar surface area (TPSA) is 88.4 Å². The Kier molecular flexibility index (Phi) is 5.69. The summed E-state index contributed by atoms with van der Waals surface area (Å²) in [7, 11) is 1.63. The molecule has 3 N–H and O–H groups in total. The minimum Gasteiger partial charge on any atom is -0.489 e. The molecule has 1 spiro atoms. The first-order valence-electron chi connectivity index (χ1n) is 11.1. The molecule has 0 aromatic carbocycles. The molecule has 1 unspecified atom stereocenters. The van der Waals surface area contributed by atoms with Crippen molar-refractivity contribution >= 4 is 0 Å². The summed E-state index contributed by atoms with van der Waals surface area (Å²) in [4.78, 5) is 0. The second-order valence-electron chi connectivity index (χ2n) is 9.77. The van der Waals surface area contributed by atoms with Crippen molar-refractivity contribution in [1.82, 2.24) is 0 Å². The van der Waals surface area contributed by atoms with E-state index in [0.29, 0.717) is 12.2 Å². The smallest absolute Gasteiger partial charge is 0.130 e. The summed E-state index contributed by atoms with van der Waals surface area (Å²) >= 11 is 0. The molecular weight excluding hydrogens is 384 g/mol. The summed E-state index contributed by atoms with van der Waals surface area (Å²) in [5.41, 5.74) is 0.278. The highest BCUT2D eigenvalue weighted by Gasteiger charge is 2.67. The van der Waals surface area contributed by atoms with E-state index in [9.17, 15) is 15.3 Å². The van der Waals surface area contributed by atoms with Gasteiger partial charge in [0.25, 0.3) is 0 Å². The van der Waals surface area contributed by atoms with Crippen LogP contribution in [0.25, 0.3) is 0 Å². The predicted octanol–water partition coefficient (Wildman–Crippen LogP) is 2.19. The van der Waals surface area contributed by atoms with Gasteiger partial charge in [0.15, 0.2) is 0 Å². The zero-order valence-electron chi connectivity index (χ0n) is 18.6. The van der Waals surface area contributed by atoms with E-state index < -0.39 is 30.0 Å². The molecule has 1 saturated heterocycles. The van der Waals surface area contributed by atoms with Crippen molar-refractivity contribution < 1.29 is 29.5 Å². The molecule has 12 atom stereocenters. The van der Waals surface area contributed by atoms with Gasteiger partial charge in [-0.1, -0.05) is 38.7 Å². The third-order valence-electron chi connectivity index (χ3n) is 8.04. The monoisotopic (exact) mass is 420 g/mol. The average Bonchev–Trinajstić information content (AvgIpc) is 2.91. The predicted molar refractivity (Wildman–Crippen MR) is 112 cm³/mol. The van der Waals surface area contributed by atoms with Crippen molar-refractivity contribution in [2.45, 2.75) is 76.3 Å². The quantitative estimate of drug-likeness (QED) is 0.594. The molecule has 4 rings (SSSR count). The van der Waals surface area contributed by atoms with Gasteiger partial charge in [-0.15, -0.1) is 0 Å². The fourth-order valence-electron chi connectivity index (χ4n) is 6.46. The van der Waals surface area contributed by atoms with Crippen LogP contribution in [0.15, 0.2) is 36.1 Å². The molecule has 4 bridgehead atoms. The van der Waals surface area contributed by atoms with Gasteiger partial charge >= 0.3 is 0 Å². The molecule has 30 heavy (non-hydrogen) atoms. The normalized spacial score (nSPS) is 53.3. The molecule has 2 fully saturated rings. The van der Waals surface area contributed by atoms with Crippen molar-refractivity contribution in [1.29, 1.82) is 0 Å². The first-order chi connectivity index (χ1) is 14.1. The first-order valence-corrected chi connectivity index (χ1v) is 11.1. The van der Waals surface area contributed by atoms with E-state index in [1.165, 1.54) is 0 Å². The first kappa shape index (κ1) is 22.0. The summed E-state index contributed by atoms with van der Waals surface area (Å²) in [6.45, 7) is 11.8. The lowest BCUT2D eigenvalue weighted by Crippen LogP contribution is -2.56. The van der Waals surface area contributed by atoms with E-state index in [0.717, 1.165) is 5.57 Å². The number of hydrogen-bond acceptors (Lipinski definition) is 6. The van der Waals surface area contributed by atoms with Gasteiger partial charge in [-0.05, 0) is 25.8 Å². The van der Waals surface area contributed by atoms with Crippen LogP contribution in [0, 0.1) is 29.6 Å². The Morgan fingerprint density at radius 1 is 1.23 bits per heavy atom. The number of aliphatic hydroxyl groups excluding tert-OH is 3. The third-order valence-corrected chi connectivity index (χ3v) is 8.04. The van der Waals surface area contributed by atoms with E-state index in [1.54, 1.807) is 14.0 Å². The standard InChI is InChI=1S/C24H36O6/c1-11-9-12(2)24-16(10-18(28-6)15(5)29-22(11)14(4)25)7-8-17-19(24)20(26)13(3)21(27)23(17)30-24/h7-9,11,13-14,16-23,25-27H,5,10H2,1-4,6H3/b12-9+/t11-,13-,14-,16?,17-,18+,19+,20-,21-,22+,23-,24+/m1/s1. The maximum absolute atomic E-state index is 11.2. The van der Waals surface area contributed by atoms with Gasteiger partial charge in [-0.25, -0.2) is 0 Å². The van der Waals surface area contributed by atoms with Gasteiger partial charge in [0.05, 0.1) is 24.4 Å². The molecule has 0 aromatic heterocycles. The highest BCUT2D eigenvalue weighted by molar-refractivity contribution is 5.35. The van der Waals surface area contributed by atoms with Crippen LogP contribution in [-0.2, 0) is 14.2 Å². The highest BCUT2D eigenvalue weighted by Crippen LogP contribution is 2.60. The molecule has 4 aliphatic rings. The van der Waals surface area contributed by atoms with Gasteiger partial charge in [-0.3, -0.25) is 0 Å². The molecular formula is C24H36O6. The molecule has 2 aliphatic heterocycles. The van der Waals surface area contributed by atoms with Crippen molar-refractivity contribution in [2.75, 3.05) is 7.11 Å². The summed E-state index contributed by atoms with van der Waals surface area (Å²) < 4.78 is 18.6. The molecule has 2 heterocycles. The van der Waals surface area contributed by atoms with Crippen LogP contribution in [0.2, 0.25) is 0 Å². The van der Waals surface area contributed by atoms with Crippen molar-refractivity contribution in [2.24, 2.45) is 29.6 Å². The maximum atomic E-state index is 11.2. The van der Waals surface area contributed by atoms with Crippen LogP contribution in [0.1, 0.15) is 34.1 Å². The summed E-state index contributed by atoms with van der Waals surface area (Å²) in [6.07, 6.45) is 3.67. The van der Waals surface area contributed by atoms with Crippen molar-refractivity contribution in [3.63, 3.8) is 0 Å². The molecule has 168 valence electrons. The molecule has 6 nitrogen and oxygen atoms in total. The van der Waals surface area contributed by atoms with Crippen LogP contribution >= 0.6 is 0 Å². The lowest BCUT2D eigenvalue weighted by molar-refractivity contribution is -0.103. The molecule has 6 heteroatoms. The second kappa shape index (κ2) is 7.75. The van der Waals surface area contributed by atoms with Gasteiger partial charge in [-0.2, -0.15) is 0 Å². The van der Waals surface area contributed by atoms with Crippen molar-refractivity contribution in [3.8, 4) is 0 Å². The number of hydrogen-bond donors (Lipinski definition) is 3. The Bertz CT molecular complexity index is 744. The Labute approximate surface area is 179 Å². The Balaban J connectivity index is 1.86. The SMILES string of the molecule is C=C1O[C@H]([C@@H](C)O)[C@H](C)/C=C(\C)[C@@]23O[C@H]4[C@H](O)[C@H](C)[C@@H](O)[C@@H]2[C@H]4C=CC3C[C@@H]1OC. The maximum Gasteiger partial charge on any atom is 0.130 e. The number of methoxy groups -OCH3 is 1. The van der Waals surface area contributed by atoms with E-state index >= 15 is 0 Å². The molecule has 0 amide bonds.